The summed E-state index contributed by atoms with van der Waals surface area (Å²) in [6, 6.07) is 3.56. The minimum absolute atomic E-state index is 0.0260. The Morgan fingerprint density at radius 1 is 1.31 bits per heavy atom. The van der Waals surface area contributed by atoms with Crippen molar-refractivity contribution in [1.82, 2.24) is 25.3 Å². The molecule has 2 N–H and O–H groups in total. The van der Waals surface area contributed by atoms with Crippen LogP contribution in [0.15, 0.2) is 35.2 Å². The van der Waals surface area contributed by atoms with Gasteiger partial charge < -0.3 is 20.0 Å². The van der Waals surface area contributed by atoms with Crippen molar-refractivity contribution in [2.45, 2.75) is 25.8 Å². The van der Waals surface area contributed by atoms with Crippen LogP contribution in [0.5, 0.6) is 0 Å². The Kier molecular flexibility index (Phi) is 5.93. The normalized spacial score (nSPS) is 15.0. The van der Waals surface area contributed by atoms with E-state index in [4.69, 9.17) is 4.42 Å². The maximum atomic E-state index is 12.2. The van der Waals surface area contributed by atoms with Crippen molar-refractivity contribution in [3.8, 4) is 0 Å². The molecular formula is C18H25N5O3. The summed E-state index contributed by atoms with van der Waals surface area (Å²) in [4.78, 5) is 26.2. The number of hydrogen-bond acceptors (Lipinski definition) is 4. The Morgan fingerprint density at radius 2 is 2.12 bits per heavy atom. The number of nitrogens with zero attached hydrogens (tertiary/aromatic N) is 3. The van der Waals surface area contributed by atoms with Gasteiger partial charge in [0, 0.05) is 38.8 Å². The number of amides is 3. The second kappa shape index (κ2) is 8.55. The zero-order valence-electron chi connectivity index (χ0n) is 15.0. The van der Waals surface area contributed by atoms with Crippen LogP contribution in [0.1, 0.15) is 24.2 Å². The smallest absolute Gasteiger partial charge is 0.317 e. The molecule has 1 aliphatic heterocycles. The Hall–Kier alpha value is -2.77. The maximum absolute atomic E-state index is 12.2. The van der Waals surface area contributed by atoms with Crippen LogP contribution >= 0.6 is 0 Å². The SMILES string of the molecule is Cn1cc(CCNC(=O)N2CCC(C(=O)NCc3ccco3)CC2)cn1. The second-order valence-electron chi connectivity index (χ2n) is 6.56. The van der Waals surface area contributed by atoms with Gasteiger partial charge in [-0.3, -0.25) is 9.48 Å². The van der Waals surface area contributed by atoms with Gasteiger partial charge >= 0.3 is 6.03 Å². The summed E-state index contributed by atoms with van der Waals surface area (Å²) >= 11 is 0. The highest BCUT2D eigenvalue weighted by molar-refractivity contribution is 5.79. The minimum Gasteiger partial charge on any atom is -0.467 e. The van der Waals surface area contributed by atoms with Crippen molar-refractivity contribution < 1.29 is 14.0 Å². The van der Waals surface area contributed by atoms with Crippen LogP contribution in [0.3, 0.4) is 0 Å². The molecule has 8 nitrogen and oxygen atoms in total. The Morgan fingerprint density at radius 3 is 2.77 bits per heavy atom. The van der Waals surface area contributed by atoms with Gasteiger partial charge in [0.1, 0.15) is 5.76 Å². The lowest BCUT2D eigenvalue weighted by Crippen LogP contribution is -2.47. The lowest BCUT2D eigenvalue weighted by atomic mass is 9.96. The molecule has 2 aromatic heterocycles. The molecule has 1 saturated heterocycles. The number of piperidine rings is 1. The molecule has 0 bridgehead atoms. The number of nitrogens with one attached hydrogen (secondary N) is 2. The molecule has 3 heterocycles. The Balaban J connectivity index is 1.34. The third-order valence-electron chi connectivity index (χ3n) is 4.62. The molecule has 26 heavy (non-hydrogen) atoms. The van der Waals surface area contributed by atoms with Crippen LogP contribution < -0.4 is 10.6 Å². The molecule has 0 atom stereocenters. The fraction of sp³-hybridized carbons (Fsp3) is 0.500. The van der Waals surface area contributed by atoms with E-state index in [2.05, 4.69) is 15.7 Å². The van der Waals surface area contributed by atoms with Gasteiger partial charge in [0.25, 0.3) is 0 Å². The molecule has 8 heteroatoms. The van der Waals surface area contributed by atoms with Gasteiger partial charge in [-0.15, -0.1) is 0 Å². The van der Waals surface area contributed by atoms with E-state index in [9.17, 15) is 9.59 Å². The quantitative estimate of drug-likeness (QED) is 0.813. The van der Waals surface area contributed by atoms with Crippen molar-refractivity contribution >= 4 is 11.9 Å². The van der Waals surface area contributed by atoms with E-state index < -0.39 is 0 Å². The predicted octanol–water partition coefficient (Wildman–Crippen LogP) is 1.29. The number of carbonyl (C=O) groups is 2. The van der Waals surface area contributed by atoms with Crippen LogP contribution in [0.25, 0.3) is 0 Å². The average Bonchev–Trinajstić information content (AvgIpc) is 3.31. The Bertz CT molecular complexity index is 717. The molecule has 3 rings (SSSR count). The van der Waals surface area contributed by atoms with Gasteiger partial charge in [-0.05, 0) is 37.0 Å². The van der Waals surface area contributed by atoms with Crippen LogP contribution in [-0.2, 0) is 24.8 Å². The highest BCUT2D eigenvalue weighted by Crippen LogP contribution is 2.17. The number of urea groups is 1. The summed E-state index contributed by atoms with van der Waals surface area (Å²) in [5, 5.41) is 9.94. The van der Waals surface area contributed by atoms with Gasteiger partial charge in [0.05, 0.1) is 19.0 Å². The number of carbonyl (C=O) groups excluding carboxylic acids is 2. The predicted molar refractivity (Wildman–Crippen MR) is 95.2 cm³/mol. The van der Waals surface area contributed by atoms with Gasteiger partial charge in [0.2, 0.25) is 5.91 Å². The molecule has 3 amide bonds. The summed E-state index contributed by atoms with van der Waals surface area (Å²) in [7, 11) is 1.87. The van der Waals surface area contributed by atoms with Crippen molar-refractivity contribution in [3.63, 3.8) is 0 Å². The van der Waals surface area contributed by atoms with E-state index in [0.29, 0.717) is 39.0 Å². The molecule has 0 aromatic carbocycles. The zero-order chi connectivity index (χ0) is 18.4. The first-order chi connectivity index (χ1) is 12.6. The van der Waals surface area contributed by atoms with Crippen LogP contribution in [-0.4, -0.2) is 46.3 Å². The monoisotopic (exact) mass is 359 g/mol. The standard InChI is InChI=1S/C18H25N5O3/c1-22-13-14(11-21-22)4-7-19-18(25)23-8-5-15(6-9-23)17(24)20-12-16-3-2-10-26-16/h2-3,10-11,13,15H,4-9,12H2,1H3,(H,19,25)(H,20,24). The third kappa shape index (κ3) is 4.87. The lowest BCUT2D eigenvalue weighted by molar-refractivity contribution is -0.126. The van der Waals surface area contributed by atoms with Crippen molar-refractivity contribution in [3.05, 3.63) is 42.1 Å². The van der Waals surface area contributed by atoms with Gasteiger partial charge in [0.15, 0.2) is 0 Å². The summed E-state index contributed by atoms with van der Waals surface area (Å²) in [5.74, 6) is 0.714. The van der Waals surface area contributed by atoms with E-state index in [1.165, 1.54) is 0 Å². The summed E-state index contributed by atoms with van der Waals surface area (Å²) in [5.41, 5.74) is 1.10. The Labute approximate surface area is 152 Å². The van der Waals surface area contributed by atoms with Crippen molar-refractivity contribution in [2.24, 2.45) is 13.0 Å². The minimum atomic E-state index is -0.0664. The van der Waals surface area contributed by atoms with Crippen molar-refractivity contribution in [2.75, 3.05) is 19.6 Å². The number of furan rings is 1. The number of aryl methyl sites for hydroxylation is 1. The lowest BCUT2D eigenvalue weighted by Gasteiger charge is -2.31. The first kappa shape index (κ1) is 18.0. The topological polar surface area (TPSA) is 92.4 Å². The number of hydrogen-bond donors (Lipinski definition) is 2. The van der Waals surface area contributed by atoms with E-state index in [0.717, 1.165) is 17.7 Å². The van der Waals surface area contributed by atoms with E-state index in [1.807, 2.05) is 19.3 Å². The van der Waals surface area contributed by atoms with Gasteiger partial charge in [-0.1, -0.05) is 0 Å². The molecule has 0 spiro atoms. The molecule has 2 aromatic rings. The van der Waals surface area contributed by atoms with Gasteiger partial charge in [-0.25, -0.2) is 4.79 Å². The van der Waals surface area contributed by atoms with Gasteiger partial charge in [-0.2, -0.15) is 5.10 Å². The number of likely N-dealkylation sites (tertiary alicyclic amines) is 1. The fourth-order valence-electron chi connectivity index (χ4n) is 3.10. The molecule has 0 radical (unpaired) electrons. The molecule has 0 aliphatic carbocycles. The van der Waals surface area contributed by atoms with E-state index in [1.54, 1.807) is 28.1 Å². The fourth-order valence-corrected chi connectivity index (χ4v) is 3.10. The number of aromatic nitrogens is 2. The summed E-state index contributed by atoms with van der Waals surface area (Å²) in [6.07, 6.45) is 7.45. The van der Waals surface area contributed by atoms with Crippen LogP contribution in [0.2, 0.25) is 0 Å². The van der Waals surface area contributed by atoms with Crippen LogP contribution in [0.4, 0.5) is 4.79 Å². The highest BCUT2D eigenvalue weighted by Gasteiger charge is 2.27. The highest BCUT2D eigenvalue weighted by atomic mass is 16.3. The zero-order valence-corrected chi connectivity index (χ0v) is 15.0. The number of rotatable bonds is 6. The van der Waals surface area contributed by atoms with E-state index in [-0.39, 0.29) is 17.9 Å². The molecule has 0 unspecified atom stereocenters. The molecule has 1 aliphatic rings. The second-order valence-corrected chi connectivity index (χ2v) is 6.56. The van der Waals surface area contributed by atoms with E-state index >= 15 is 0 Å². The molecule has 140 valence electrons. The maximum Gasteiger partial charge on any atom is 0.317 e. The molecular weight excluding hydrogens is 334 g/mol. The first-order valence-corrected chi connectivity index (χ1v) is 8.92. The summed E-state index contributed by atoms with van der Waals surface area (Å²) in [6.45, 7) is 2.17. The third-order valence-corrected chi connectivity index (χ3v) is 4.62. The molecule has 0 saturated carbocycles. The van der Waals surface area contributed by atoms with Crippen LogP contribution in [0, 0.1) is 5.92 Å². The first-order valence-electron chi connectivity index (χ1n) is 8.92. The largest absolute Gasteiger partial charge is 0.467 e. The summed E-state index contributed by atoms with van der Waals surface area (Å²) < 4.78 is 6.96. The average molecular weight is 359 g/mol. The van der Waals surface area contributed by atoms with Crippen molar-refractivity contribution in [1.29, 1.82) is 0 Å². The molecule has 1 fully saturated rings.